The van der Waals surface area contributed by atoms with Crippen LogP contribution in [0.5, 0.6) is 0 Å². The normalized spacial score (nSPS) is 13.4. The molecule has 0 fully saturated rings. The van der Waals surface area contributed by atoms with Gasteiger partial charge in [0, 0.05) is 12.5 Å². The van der Waals surface area contributed by atoms with E-state index in [1.54, 1.807) is 25.6 Å². The van der Waals surface area contributed by atoms with Crippen molar-refractivity contribution in [3.63, 3.8) is 0 Å². The van der Waals surface area contributed by atoms with Crippen molar-refractivity contribution in [2.75, 3.05) is 20.3 Å². The van der Waals surface area contributed by atoms with Gasteiger partial charge in [0.1, 0.15) is 5.78 Å². The van der Waals surface area contributed by atoms with Crippen molar-refractivity contribution >= 4 is 13.5 Å². The summed E-state index contributed by atoms with van der Waals surface area (Å²) >= 11 is 0. The molecule has 164 valence electrons. The third kappa shape index (κ3) is 5.09. The lowest BCUT2D eigenvalue weighted by Crippen LogP contribution is -2.43. The molecule has 0 aliphatic carbocycles. The molecule has 1 unspecified atom stereocenters. The fraction of sp³-hybridized carbons (Fsp3) is 0.458. The summed E-state index contributed by atoms with van der Waals surface area (Å²) in [4.78, 5) is 13.5. The van der Waals surface area contributed by atoms with E-state index >= 15 is 0 Å². The molecule has 0 bridgehead atoms. The fourth-order valence-electron chi connectivity index (χ4n) is 3.95. The van der Waals surface area contributed by atoms with Crippen LogP contribution in [-0.4, -0.2) is 36.8 Å². The summed E-state index contributed by atoms with van der Waals surface area (Å²) in [6.07, 6.45) is 0.850. The van der Waals surface area contributed by atoms with Gasteiger partial charge in [-0.2, -0.15) is 0 Å². The van der Waals surface area contributed by atoms with Crippen LogP contribution in [0.25, 0.3) is 0 Å². The number of rotatable bonds is 12. The molecule has 0 aromatic heterocycles. The predicted molar refractivity (Wildman–Crippen MR) is 122 cm³/mol. The van der Waals surface area contributed by atoms with Crippen molar-refractivity contribution in [3.05, 3.63) is 71.8 Å². The van der Waals surface area contributed by atoms with E-state index in [9.17, 15) is 9.36 Å². The number of Topliss-reactive ketones (excluding diaryl/α,β-unsaturated/α-hetero) is 1. The van der Waals surface area contributed by atoms with Crippen molar-refractivity contribution in [1.82, 2.24) is 4.67 Å². The van der Waals surface area contributed by atoms with Crippen LogP contribution in [-0.2, 0) is 23.8 Å². The minimum absolute atomic E-state index is 0.128. The number of nitrogens with zero attached hydrogens (tertiary/aromatic N) is 1. The first-order valence-electron chi connectivity index (χ1n) is 10.6. The summed E-state index contributed by atoms with van der Waals surface area (Å²) in [5.74, 6) is 0.128. The van der Waals surface area contributed by atoms with Gasteiger partial charge in [-0.15, -0.1) is 0 Å². The van der Waals surface area contributed by atoms with E-state index in [1.165, 1.54) is 0 Å². The smallest absolute Gasteiger partial charge is 0.298 e. The topological polar surface area (TPSA) is 55.8 Å². The molecule has 0 saturated heterocycles. The minimum atomic E-state index is -3.45. The Morgan fingerprint density at radius 1 is 0.933 bits per heavy atom. The highest BCUT2D eigenvalue weighted by molar-refractivity contribution is 7.51. The van der Waals surface area contributed by atoms with E-state index in [-0.39, 0.29) is 25.0 Å². The zero-order chi connectivity index (χ0) is 22.2. The zero-order valence-electron chi connectivity index (χ0n) is 18.7. The molecule has 6 heteroatoms. The van der Waals surface area contributed by atoms with Gasteiger partial charge >= 0.3 is 7.75 Å². The first-order chi connectivity index (χ1) is 14.4. The molecule has 0 aliphatic heterocycles. The lowest BCUT2D eigenvalue weighted by molar-refractivity contribution is -0.123. The maximum Gasteiger partial charge on any atom is 0.408 e. The summed E-state index contributed by atoms with van der Waals surface area (Å²) < 4.78 is 26.1. The maximum absolute atomic E-state index is 13.5. The molecule has 0 radical (unpaired) electrons. The van der Waals surface area contributed by atoms with Gasteiger partial charge in [-0.3, -0.25) is 13.8 Å². The predicted octanol–water partition coefficient (Wildman–Crippen LogP) is 5.84. The number of benzene rings is 2. The quantitative estimate of drug-likeness (QED) is 0.395. The van der Waals surface area contributed by atoms with Crippen LogP contribution in [0, 0.1) is 0 Å². The number of ketones is 1. The highest BCUT2D eigenvalue weighted by Gasteiger charge is 2.44. The lowest BCUT2D eigenvalue weighted by Gasteiger charge is -2.39. The average molecular weight is 432 g/mol. The van der Waals surface area contributed by atoms with Crippen LogP contribution in [0.4, 0.5) is 0 Å². The number of carbonyl (C=O) groups excluding carboxylic acids is 1. The van der Waals surface area contributed by atoms with Gasteiger partial charge in [-0.1, -0.05) is 67.6 Å². The maximum atomic E-state index is 13.5. The van der Waals surface area contributed by atoms with Crippen LogP contribution >= 0.6 is 7.75 Å². The molecular formula is C24H34NO4P. The van der Waals surface area contributed by atoms with Gasteiger partial charge in [0.25, 0.3) is 0 Å². The van der Waals surface area contributed by atoms with Gasteiger partial charge < -0.3 is 0 Å². The van der Waals surface area contributed by atoms with Crippen molar-refractivity contribution in [3.8, 4) is 0 Å². The van der Waals surface area contributed by atoms with E-state index in [2.05, 4.69) is 0 Å². The summed E-state index contributed by atoms with van der Waals surface area (Å²) in [6, 6.07) is 19.5. The van der Waals surface area contributed by atoms with Gasteiger partial charge in [0.2, 0.25) is 0 Å². The van der Waals surface area contributed by atoms with E-state index in [0.717, 1.165) is 11.1 Å². The highest BCUT2D eigenvalue weighted by Crippen LogP contribution is 2.53. The van der Waals surface area contributed by atoms with E-state index in [0.29, 0.717) is 12.8 Å². The SMILES string of the molecule is CCOP(=O)(OCC)N(C)C(C)CC(C(=O)CC)(c1ccccc1)c1ccccc1. The molecule has 30 heavy (non-hydrogen) atoms. The second kappa shape index (κ2) is 11.0. The van der Waals surface area contributed by atoms with Gasteiger partial charge in [0.05, 0.1) is 18.6 Å². The largest absolute Gasteiger partial charge is 0.408 e. The summed E-state index contributed by atoms with van der Waals surface area (Å²) in [6.45, 7) is 8.01. The second-order valence-corrected chi connectivity index (χ2v) is 9.43. The van der Waals surface area contributed by atoms with Gasteiger partial charge in [-0.25, -0.2) is 9.24 Å². The molecular weight excluding hydrogens is 397 g/mol. The highest BCUT2D eigenvalue weighted by atomic mass is 31.2. The Hall–Kier alpha value is -1.78. The number of carbonyl (C=O) groups is 1. The molecule has 2 aromatic carbocycles. The third-order valence-corrected chi connectivity index (χ3v) is 7.88. The molecule has 0 amide bonds. The summed E-state index contributed by atoms with van der Waals surface area (Å²) in [5.41, 5.74) is 1.02. The molecule has 1 atom stereocenters. The second-order valence-electron chi connectivity index (χ2n) is 7.35. The van der Waals surface area contributed by atoms with Crippen molar-refractivity contribution in [1.29, 1.82) is 0 Å². The monoisotopic (exact) mass is 431 g/mol. The molecule has 2 rings (SSSR count). The van der Waals surface area contributed by atoms with Crippen LogP contribution < -0.4 is 0 Å². The molecule has 0 saturated carbocycles. The number of hydrogen-bond acceptors (Lipinski definition) is 4. The molecule has 0 N–H and O–H groups in total. The van der Waals surface area contributed by atoms with E-state index in [1.807, 2.05) is 74.5 Å². The van der Waals surface area contributed by atoms with Crippen molar-refractivity contribution < 1.29 is 18.4 Å². The summed E-state index contributed by atoms with van der Waals surface area (Å²) in [7, 11) is -1.71. The van der Waals surface area contributed by atoms with Crippen molar-refractivity contribution in [2.24, 2.45) is 0 Å². The Morgan fingerprint density at radius 3 is 1.73 bits per heavy atom. The number of hydrogen-bond donors (Lipinski definition) is 0. The average Bonchev–Trinajstić information content (AvgIpc) is 2.77. The van der Waals surface area contributed by atoms with E-state index in [4.69, 9.17) is 9.05 Å². The zero-order valence-corrected chi connectivity index (χ0v) is 19.6. The first-order valence-corrected chi connectivity index (χ1v) is 12.1. The van der Waals surface area contributed by atoms with Crippen LogP contribution in [0.2, 0.25) is 0 Å². The van der Waals surface area contributed by atoms with Crippen LogP contribution in [0.15, 0.2) is 60.7 Å². The minimum Gasteiger partial charge on any atom is -0.298 e. The molecule has 0 heterocycles. The standard InChI is InChI=1S/C24H34NO4P/c1-6-23(26)24(21-15-11-9-12-16-21,22-17-13-10-14-18-22)19-20(4)25(5)30(27,28-7-2)29-8-3/h9-18,20H,6-8,19H2,1-5H3. The Bertz CT molecular complexity index is 791. The Kier molecular flexibility index (Phi) is 8.99. The molecule has 2 aromatic rings. The first kappa shape index (κ1) is 24.5. The lowest BCUT2D eigenvalue weighted by atomic mass is 9.67. The Labute approximate surface area is 181 Å². The van der Waals surface area contributed by atoms with Crippen LogP contribution in [0.1, 0.15) is 51.7 Å². The van der Waals surface area contributed by atoms with Gasteiger partial charge in [0.15, 0.2) is 0 Å². The fourth-order valence-corrected chi connectivity index (χ4v) is 5.60. The molecule has 5 nitrogen and oxygen atoms in total. The third-order valence-electron chi connectivity index (χ3n) is 5.54. The van der Waals surface area contributed by atoms with Crippen molar-refractivity contribution in [2.45, 2.75) is 52.0 Å². The van der Waals surface area contributed by atoms with Crippen LogP contribution in [0.3, 0.4) is 0 Å². The molecule has 0 spiro atoms. The summed E-state index contributed by atoms with van der Waals surface area (Å²) in [5, 5.41) is 0. The Morgan fingerprint density at radius 2 is 1.37 bits per heavy atom. The Balaban J connectivity index is 2.57. The molecule has 0 aliphatic rings. The van der Waals surface area contributed by atoms with Gasteiger partial charge in [-0.05, 0) is 45.4 Å². The van der Waals surface area contributed by atoms with E-state index < -0.39 is 13.2 Å².